The van der Waals surface area contributed by atoms with Gasteiger partial charge in [-0.2, -0.15) is 0 Å². The van der Waals surface area contributed by atoms with Crippen molar-refractivity contribution in [3.8, 4) is 0 Å². The van der Waals surface area contributed by atoms with Crippen molar-refractivity contribution in [1.82, 2.24) is 9.88 Å². The summed E-state index contributed by atoms with van der Waals surface area (Å²) < 4.78 is 7.11. The molecule has 6 nitrogen and oxygen atoms in total. The quantitative estimate of drug-likeness (QED) is 0.648. The van der Waals surface area contributed by atoms with Gasteiger partial charge >= 0.3 is 0 Å². The molecule has 1 aliphatic rings. The Bertz CT molecular complexity index is 985. The summed E-state index contributed by atoms with van der Waals surface area (Å²) in [7, 11) is 0. The molecule has 3 aromatic rings. The second-order valence-electron chi connectivity index (χ2n) is 6.26. The van der Waals surface area contributed by atoms with Crippen LogP contribution in [0.25, 0.3) is 10.2 Å². The van der Waals surface area contributed by atoms with E-state index in [4.69, 9.17) is 4.74 Å². The summed E-state index contributed by atoms with van der Waals surface area (Å²) in [6.45, 7) is 2.53. The molecule has 1 aromatic heterocycles. The zero-order chi connectivity index (χ0) is 19.3. The van der Waals surface area contributed by atoms with E-state index in [9.17, 15) is 9.59 Å². The Morgan fingerprint density at radius 2 is 1.93 bits per heavy atom. The van der Waals surface area contributed by atoms with Gasteiger partial charge in [0.1, 0.15) is 0 Å². The van der Waals surface area contributed by atoms with Crippen LogP contribution >= 0.6 is 23.1 Å². The average Bonchev–Trinajstić information content (AvgIpc) is 3.15. The first-order valence-electron chi connectivity index (χ1n) is 8.94. The third kappa shape index (κ3) is 4.52. The number of benzene rings is 2. The van der Waals surface area contributed by atoms with Crippen molar-refractivity contribution in [3.63, 3.8) is 0 Å². The Morgan fingerprint density at radius 1 is 1.14 bits per heavy atom. The van der Waals surface area contributed by atoms with E-state index in [1.807, 2.05) is 41.3 Å². The van der Waals surface area contributed by atoms with E-state index in [1.54, 1.807) is 12.1 Å². The first kappa shape index (κ1) is 18.9. The topological polar surface area (TPSA) is 71.5 Å². The number of rotatable bonds is 5. The zero-order valence-electron chi connectivity index (χ0n) is 15.1. The van der Waals surface area contributed by atoms with Crippen molar-refractivity contribution < 1.29 is 14.3 Å². The predicted octanol–water partition coefficient (Wildman–Crippen LogP) is 3.50. The van der Waals surface area contributed by atoms with Gasteiger partial charge in [0.05, 0.1) is 29.2 Å². The number of aromatic nitrogens is 1. The summed E-state index contributed by atoms with van der Waals surface area (Å²) in [6.07, 6.45) is 0. The van der Waals surface area contributed by atoms with Gasteiger partial charge in [0.2, 0.25) is 5.91 Å². The lowest BCUT2D eigenvalue weighted by atomic mass is 10.2. The molecule has 2 amide bonds. The zero-order valence-corrected chi connectivity index (χ0v) is 16.7. The molecule has 1 N–H and O–H groups in total. The largest absolute Gasteiger partial charge is 0.378 e. The van der Waals surface area contributed by atoms with Crippen LogP contribution in [-0.2, 0) is 9.53 Å². The van der Waals surface area contributed by atoms with Gasteiger partial charge in [0.25, 0.3) is 5.91 Å². The van der Waals surface area contributed by atoms with Crippen molar-refractivity contribution in [2.75, 3.05) is 37.4 Å². The van der Waals surface area contributed by atoms with Gasteiger partial charge in [-0.1, -0.05) is 30.0 Å². The van der Waals surface area contributed by atoms with Crippen molar-refractivity contribution in [1.29, 1.82) is 0 Å². The van der Waals surface area contributed by atoms with Crippen molar-refractivity contribution >= 4 is 50.8 Å². The maximum atomic E-state index is 12.3. The molecule has 0 saturated carbocycles. The number of thiazole rings is 1. The molecular weight excluding hydrogens is 394 g/mol. The summed E-state index contributed by atoms with van der Waals surface area (Å²) in [4.78, 5) is 31.0. The second kappa shape index (κ2) is 8.72. The van der Waals surface area contributed by atoms with E-state index in [0.717, 1.165) is 20.2 Å². The van der Waals surface area contributed by atoms with Gasteiger partial charge in [0, 0.05) is 24.3 Å². The number of hydrogen-bond donors (Lipinski definition) is 1. The molecule has 0 aliphatic carbocycles. The van der Waals surface area contributed by atoms with Crippen LogP contribution in [0.4, 0.5) is 5.69 Å². The third-order valence-corrected chi connectivity index (χ3v) is 6.49. The second-order valence-corrected chi connectivity index (χ2v) is 8.52. The average molecular weight is 414 g/mol. The monoisotopic (exact) mass is 413 g/mol. The minimum Gasteiger partial charge on any atom is -0.378 e. The summed E-state index contributed by atoms with van der Waals surface area (Å²) >= 11 is 2.98. The summed E-state index contributed by atoms with van der Waals surface area (Å²) in [5.74, 6) is 0.343. The summed E-state index contributed by atoms with van der Waals surface area (Å²) in [5, 5.41) is 2.91. The highest BCUT2D eigenvalue weighted by Gasteiger charge is 2.17. The first-order chi connectivity index (χ1) is 13.7. The SMILES string of the molecule is O=C(Nc1ccc2nc(SCC(=O)N3CCOCC3)sc2c1)c1ccccc1. The molecule has 1 aliphatic heterocycles. The van der Waals surface area contributed by atoms with Gasteiger partial charge in [-0.15, -0.1) is 11.3 Å². The van der Waals surface area contributed by atoms with Gasteiger partial charge in [-0.05, 0) is 30.3 Å². The maximum absolute atomic E-state index is 12.3. The van der Waals surface area contributed by atoms with Crippen molar-refractivity contribution in [2.24, 2.45) is 0 Å². The fourth-order valence-electron chi connectivity index (χ4n) is 2.86. The number of amides is 2. The molecule has 0 spiro atoms. The van der Waals surface area contributed by atoms with Crippen LogP contribution in [0.3, 0.4) is 0 Å². The van der Waals surface area contributed by atoms with E-state index in [1.165, 1.54) is 23.1 Å². The fraction of sp³-hybridized carbons (Fsp3) is 0.250. The van der Waals surface area contributed by atoms with Gasteiger partial charge in [0.15, 0.2) is 4.34 Å². The number of nitrogens with zero attached hydrogens (tertiary/aromatic N) is 2. The van der Waals surface area contributed by atoms with Crippen LogP contribution < -0.4 is 5.32 Å². The molecule has 28 heavy (non-hydrogen) atoms. The predicted molar refractivity (Wildman–Crippen MR) is 112 cm³/mol. The van der Waals surface area contributed by atoms with E-state index < -0.39 is 0 Å². The molecule has 0 radical (unpaired) electrons. The van der Waals surface area contributed by atoms with Crippen LogP contribution in [-0.4, -0.2) is 53.8 Å². The lowest BCUT2D eigenvalue weighted by molar-refractivity contribution is -0.132. The number of anilines is 1. The van der Waals surface area contributed by atoms with Crippen molar-refractivity contribution in [3.05, 3.63) is 54.1 Å². The standard InChI is InChI=1S/C20H19N3O3S2/c24-18(23-8-10-26-11-9-23)13-27-20-22-16-7-6-15(12-17(16)28-20)21-19(25)14-4-2-1-3-5-14/h1-7,12H,8-11,13H2,(H,21,25). The van der Waals surface area contributed by atoms with Crippen LogP contribution in [0.1, 0.15) is 10.4 Å². The van der Waals surface area contributed by atoms with Crippen molar-refractivity contribution in [2.45, 2.75) is 4.34 Å². The number of carbonyl (C=O) groups excluding carboxylic acids is 2. The molecule has 1 saturated heterocycles. The highest BCUT2D eigenvalue weighted by Crippen LogP contribution is 2.31. The molecule has 0 unspecified atom stereocenters. The van der Waals surface area contributed by atoms with Crippen LogP contribution in [0.5, 0.6) is 0 Å². The van der Waals surface area contributed by atoms with Crippen LogP contribution in [0.2, 0.25) is 0 Å². The van der Waals surface area contributed by atoms with E-state index in [-0.39, 0.29) is 11.8 Å². The molecular formula is C20H19N3O3S2. The number of thioether (sulfide) groups is 1. The fourth-order valence-corrected chi connectivity index (χ4v) is 4.87. The molecule has 8 heteroatoms. The van der Waals surface area contributed by atoms with Crippen LogP contribution in [0, 0.1) is 0 Å². The molecule has 4 rings (SSSR count). The van der Waals surface area contributed by atoms with E-state index in [2.05, 4.69) is 10.3 Å². The Labute approximate surface area is 170 Å². The maximum Gasteiger partial charge on any atom is 0.255 e. The number of carbonyl (C=O) groups is 2. The van der Waals surface area contributed by atoms with E-state index in [0.29, 0.717) is 37.6 Å². The minimum atomic E-state index is -0.143. The molecule has 0 atom stereocenters. The number of morpholine rings is 1. The Morgan fingerprint density at radius 3 is 2.71 bits per heavy atom. The lowest BCUT2D eigenvalue weighted by Gasteiger charge is -2.26. The smallest absolute Gasteiger partial charge is 0.255 e. The Kier molecular flexibility index (Phi) is 5.90. The summed E-state index contributed by atoms with van der Waals surface area (Å²) in [5.41, 5.74) is 2.21. The number of hydrogen-bond acceptors (Lipinski definition) is 6. The number of ether oxygens (including phenoxy) is 1. The Hall–Kier alpha value is -2.42. The molecule has 0 bridgehead atoms. The first-order valence-corrected chi connectivity index (χ1v) is 10.7. The van der Waals surface area contributed by atoms with E-state index >= 15 is 0 Å². The molecule has 2 aromatic carbocycles. The normalized spacial score (nSPS) is 14.2. The summed E-state index contributed by atoms with van der Waals surface area (Å²) in [6, 6.07) is 14.8. The van der Waals surface area contributed by atoms with Crippen LogP contribution in [0.15, 0.2) is 52.9 Å². The number of nitrogens with one attached hydrogen (secondary N) is 1. The lowest BCUT2D eigenvalue weighted by Crippen LogP contribution is -2.41. The third-order valence-electron chi connectivity index (χ3n) is 4.35. The van der Waals surface area contributed by atoms with Gasteiger partial charge in [-0.3, -0.25) is 9.59 Å². The van der Waals surface area contributed by atoms with Gasteiger partial charge < -0.3 is 15.0 Å². The number of fused-ring (bicyclic) bond motifs is 1. The minimum absolute atomic E-state index is 0.114. The molecule has 144 valence electrons. The van der Waals surface area contributed by atoms with Gasteiger partial charge in [-0.25, -0.2) is 4.98 Å². The molecule has 1 fully saturated rings. The highest BCUT2D eigenvalue weighted by molar-refractivity contribution is 8.01. The highest BCUT2D eigenvalue weighted by atomic mass is 32.2. The molecule has 2 heterocycles. The Balaban J connectivity index is 1.40.